The SMILES string of the molecule is Clc1cc(-c2ccccc2)c2cc(-c3ccccc3)ccc2n1. The molecule has 0 aliphatic carbocycles. The van der Waals surface area contributed by atoms with Crippen molar-refractivity contribution >= 4 is 22.5 Å². The molecule has 0 unspecified atom stereocenters. The molecule has 0 saturated carbocycles. The van der Waals surface area contributed by atoms with Crippen LogP contribution in [0.25, 0.3) is 33.2 Å². The Labute approximate surface area is 140 Å². The number of hydrogen-bond acceptors (Lipinski definition) is 1. The van der Waals surface area contributed by atoms with Crippen molar-refractivity contribution in [3.8, 4) is 22.3 Å². The molecule has 0 bridgehead atoms. The fourth-order valence-corrected chi connectivity index (χ4v) is 3.06. The zero-order valence-electron chi connectivity index (χ0n) is 12.4. The summed E-state index contributed by atoms with van der Waals surface area (Å²) < 4.78 is 0. The van der Waals surface area contributed by atoms with Gasteiger partial charge in [-0.25, -0.2) is 4.98 Å². The molecule has 1 heterocycles. The molecule has 110 valence electrons. The normalized spacial score (nSPS) is 10.8. The van der Waals surface area contributed by atoms with E-state index in [2.05, 4.69) is 53.5 Å². The first-order valence-corrected chi connectivity index (χ1v) is 7.90. The molecule has 4 aromatic rings. The second kappa shape index (κ2) is 5.86. The van der Waals surface area contributed by atoms with Crippen molar-refractivity contribution in [1.29, 1.82) is 0 Å². The van der Waals surface area contributed by atoms with Gasteiger partial charge in [0.15, 0.2) is 0 Å². The standard InChI is InChI=1S/C21H14ClN/c22-21-14-18(16-9-5-2-6-10-16)19-13-17(11-12-20(19)23-21)15-7-3-1-4-8-15/h1-14H. The summed E-state index contributed by atoms with van der Waals surface area (Å²) in [5.41, 5.74) is 5.55. The van der Waals surface area contributed by atoms with Crippen molar-refractivity contribution in [1.82, 2.24) is 4.98 Å². The van der Waals surface area contributed by atoms with Gasteiger partial charge in [0.25, 0.3) is 0 Å². The Morgan fingerprint density at radius 2 is 1.26 bits per heavy atom. The number of nitrogens with zero attached hydrogens (tertiary/aromatic N) is 1. The van der Waals surface area contributed by atoms with Crippen LogP contribution >= 0.6 is 11.6 Å². The molecule has 0 amide bonds. The largest absolute Gasteiger partial charge is 0.236 e. The minimum atomic E-state index is 0.517. The van der Waals surface area contributed by atoms with Crippen LogP contribution in [0.15, 0.2) is 84.9 Å². The van der Waals surface area contributed by atoms with E-state index in [1.54, 1.807) is 0 Å². The predicted molar refractivity (Wildman–Crippen MR) is 97.6 cm³/mol. The van der Waals surface area contributed by atoms with Crippen LogP contribution in [-0.4, -0.2) is 4.98 Å². The van der Waals surface area contributed by atoms with E-state index < -0.39 is 0 Å². The van der Waals surface area contributed by atoms with Crippen molar-refractivity contribution in [3.05, 3.63) is 90.1 Å². The number of pyridine rings is 1. The minimum absolute atomic E-state index is 0.517. The summed E-state index contributed by atoms with van der Waals surface area (Å²) in [6.07, 6.45) is 0. The zero-order valence-corrected chi connectivity index (χ0v) is 13.2. The van der Waals surface area contributed by atoms with E-state index >= 15 is 0 Å². The molecule has 0 aliphatic heterocycles. The molecular formula is C21H14ClN. The highest BCUT2D eigenvalue weighted by Crippen LogP contribution is 2.33. The van der Waals surface area contributed by atoms with Crippen molar-refractivity contribution in [2.24, 2.45) is 0 Å². The van der Waals surface area contributed by atoms with E-state index in [-0.39, 0.29) is 0 Å². The molecule has 0 spiro atoms. The summed E-state index contributed by atoms with van der Waals surface area (Å²) in [7, 11) is 0. The number of hydrogen-bond donors (Lipinski definition) is 0. The average Bonchev–Trinajstić information content (AvgIpc) is 2.62. The summed E-state index contributed by atoms with van der Waals surface area (Å²) in [4.78, 5) is 4.46. The number of fused-ring (bicyclic) bond motifs is 1. The Morgan fingerprint density at radius 1 is 0.609 bits per heavy atom. The number of benzene rings is 3. The van der Waals surface area contributed by atoms with E-state index in [9.17, 15) is 0 Å². The van der Waals surface area contributed by atoms with Crippen LogP contribution in [0.2, 0.25) is 5.15 Å². The van der Waals surface area contributed by atoms with E-state index in [4.69, 9.17) is 11.6 Å². The van der Waals surface area contributed by atoms with Crippen molar-refractivity contribution in [3.63, 3.8) is 0 Å². The molecule has 3 aromatic carbocycles. The van der Waals surface area contributed by atoms with Crippen LogP contribution in [0.1, 0.15) is 0 Å². The Hall–Kier alpha value is -2.64. The lowest BCUT2D eigenvalue weighted by Crippen LogP contribution is -1.87. The number of aromatic nitrogens is 1. The lowest BCUT2D eigenvalue weighted by Gasteiger charge is -2.10. The van der Waals surface area contributed by atoms with E-state index in [1.165, 1.54) is 11.1 Å². The van der Waals surface area contributed by atoms with Gasteiger partial charge < -0.3 is 0 Å². The number of halogens is 1. The Morgan fingerprint density at radius 3 is 1.96 bits per heavy atom. The van der Waals surface area contributed by atoms with E-state index in [1.807, 2.05) is 36.4 Å². The first kappa shape index (κ1) is 14.0. The van der Waals surface area contributed by atoms with Crippen molar-refractivity contribution in [2.75, 3.05) is 0 Å². The average molecular weight is 316 g/mol. The Bertz CT molecular complexity index is 963. The highest BCUT2D eigenvalue weighted by molar-refractivity contribution is 6.30. The molecule has 0 saturated heterocycles. The molecule has 4 rings (SSSR count). The molecule has 0 aliphatic rings. The molecule has 0 fully saturated rings. The molecule has 1 aromatic heterocycles. The highest BCUT2D eigenvalue weighted by Gasteiger charge is 2.08. The molecule has 0 radical (unpaired) electrons. The first-order chi connectivity index (χ1) is 11.3. The second-order valence-electron chi connectivity index (χ2n) is 5.46. The summed E-state index contributed by atoms with van der Waals surface area (Å²) in [5.74, 6) is 0. The number of rotatable bonds is 2. The fourth-order valence-electron chi connectivity index (χ4n) is 2.86. The predicted octanol–water partition coefficient (Wildman–Crippen LogP) is 6.22. The van der Waals surface area contributed by atoms with Crippen molar-refractivity contribution in [2.45, 2.75) is 0 Å². The quantitative estimate of drug-likeness (QED) is 0.400. The van der Waals surface area contributed by atoms with Gasteiger partial charge in [0.1, 0.15) is 5.15 Å². The first-order valence-electron chi connectivity index (χ1n) is 7.52. The summed E-state index contributed by atoms with van der Waals surface area (Å²) in [5, 5.41) is 1.63. The van der Waals surface area contributed by atoms with Gasteiger partial charge in [-0.1, -0.05) is 78.3 Å². The Kier molecular flexibility index (Phi) is 3.57. The van der Waals surface area contributed by atoms with Crippen LogP contribution in [0.3, 0.4) is 0 Å². The lowest BCUT2D eigenvalue weighted by molar-refractivity contribution is 1.41. The third-order valence-electron chi connectivity index (χ3n) is 3.97. The van der Waals surface area contributed by atoms with Gasteiger partial charge in [0.2, 0.25) is 0 Å². The minimum Gasteiger partial charge on any atom is -0.236 e. The molecule has 1 nitrogen and oxygen atoms in total. The summed E-state index contributed by atoms with van der Waals surface area (Å²) >= 11 is 6.22. The zero-order chi connectivity index (χ0) is 15.6. The van der Waals surface area contributed by atoms with Gasteiger partial charge in [0.05, 0.1) is 5.52 Å². The third-order valence-corrected chi connectivity index (χ3v) is 4.16. The van der Waals surface area contributed by atoms with Gasteiger partial charge in [-0.05, 0) is 40.5 Å². The monoisotopic (exact) mass is 315 g/mol. The van der Waals surface area contributed by atoms with Gasteiger partial charge in [0, 0.05) is 5.39 Å². The fraction of sp³-hybridized carbons (Fsp3) is 0. The van der Waals surface area contributed by atoms with Gasteiger partial charge in [-0.3, -0.25) is 0 Å². The Balaban J connectivity index is 1.98. The summed E-state index contributed by atoms with van der Waals surface area (Å²) in [6, 6.07) is 28.9. The maximum atomic E-state index is 6.22. The smallest absolute Gasteiger partial charge is 0.130 e. The topological polar surface area (TPSA) is 12.9 Å². The maximum Gasteiger partial charge on any atom is 0.130 e. The van der Waals surface area contributed by atoms with Crippen LogP contribution in [0, 0.1) is 0 Å². The molecule has 0 N–H and O–H groups in total. The van der Waals surface area contributed by atoms with Crippen LogP contribution in [0.4, 0.5) is 0 Å². The van der Waals surface area contributed by atoms with Crippen LogP contribution in [0.5, 0.6) is 0 Å². The lowest BCUT2D eigenvalue weighted by atomic mass is 9.97. The third kappa shape index (κ3) is 2.71. The highest BCUT2D eigenvalue weighted by atomic mass is 35.5. The maximum absolute atomic E-state index is 6.22. The van der Waals surface area contributed by atoms with E-state index in [0.717, 1.165) is 22.0 Å². The van der Waals surface area contributed by atoms with Gasteiger partial charge >= 0.3 is 0 Å². The summed E-state index contributed by atoms with van der Waals surface area (Å²) in [6.45, 7) is 0. The van der Waals surface area contributed by atoms with Crippen molar-refractivity contribution < 1.29 is 0 Å². The molecule has 23 heavy (non-hydrogen) atoms. The van der Waals surface area contributed by atoms with Crippen LogP contribution in [-0.2, 0) is 0 Å². The molecule has 0 atom stereocenters. The second-order valence-corrected chi connectivity index (χ2v) is 5.84. The van der Waals surface area contributed by atoms with E-state index in [0.29, 0.717) is 5.15 Å². The van der Waals surface area contributed by atoms with Crippen LogP contribution < -0.4 is 0 Å². The molecule has 2 heteroatoms. The van der Waals surface area contributed by atoms with Gasteiger partial charge in [-0.15, -0.1) is 0 Å². The van der Waals surface area contributed by atoms with Gasteiger partial charge in [-0.2, -0.15) is 0 Å². The molecular weight excluding hydrogens is 302 g/mol.